The number of aromatic amines is 1. The Balaban J connectivity index is 2.03. The Morgan fingerprint density at radius 1 is 1.42 bits per heavy atom. The lowest BCUT2D eigenvalue weighted by molar-refractivity contribution is -0.389. The number of rotatable bonds is 3. The first-order chi connectivity index (χ1) is 8.99. The summed E-state index contributed by atoms with van der Waals surface area (Å²) in [6.07, 6.45) is 3.58. The smallest absolute Gasteiger partial charge is 0.321 e. The van der Waals surface area contributed by atoms with Crippen molar-refractivity contribution in [1.29, 1.82) is 0 Å². The Kier molecular flexibility index (Phi) is 3.84. The van der Waals surface area contributed by atoms with Crippen molar-refractivity contribution in [3.8, 4) is 0 Å². The highest BCUT2D eigenvalue weighted by molar-refractivity contribution is 5.92. The Morgan fingerprint density at radius 2 is 2.05 bits per heavy atom. The Bertz CT molecular complexity index is 477. The molecule has 3 N–H and O–H groups in total. The molecular formula is C12H18N4O3. The van der Waals surface area contributed by atoms with Crippen molar-refractivity contribution in [2.45, 2.75) is 37.8 Å². The minimum absolute atomic E-state index is 0.162. The fourth-order valence-corrected chi connectivity index (χ4v) is 2.46. The molecule has 7 nitrogen and oxygen atoms in total. The number of nitrogens with one attached hydrogen (secondary N) is 1. The zero-order valence-electron chi connectivity index (χ0n) is 10.8. The molecule has 0 atom stereocenters. The van der Waals surface area contributed by atoms with Gasteiger partial charge in [-0.25, -0.2) is 4.98 Å². The molecule has 1 aromatic rings. The maximum Gasteiger partial charge on any atom is 0.321 e. The maximum absolute atomic E-state index is 12.2. The Morgan fingerprint density at radius 3 is 2.58 bits per heavy atom. The van der Waals surface area contributed by atoms with E-state index in [-0.39, 0.29) is 29.5 Å². The van der Waals surface area contributed by atoms with Crippen molar-refractivity contribution in [1.82, 2.24) is 9.88 Å². The van der Waals surface area contributed by atoms with Gasteiger partial charge < -0.3 is 20.7 Å². The zero-order valence-corrected chi connectivity index (χ0v) is 10.8. The van der Waals surface area contributed by atoms with Gasteiger partial charge in [-0.05, 0) is 36.7 Å². The SMILES string of the molecule is CN(C(=O)c1ccc([N+](=O)[O-])[nH]1)C1CCC(N)CC1. The normalized spacial score (nSPS) is 23.1. The molecule has 104 valence electrons. The molecule has 1 heterocycles. The third kappa shape index (κ3) is 2.93. The van der Waals surface area contributed by atoms with Crippen LogP contribution in [0.25, 0.3) is 0 Å². The highest BCUT2D eigenvalue weighted by Crippen LogP contribution is 2.22. The zero-order chi connectivity index (χ0) is 14.0. The summed E-state index contributed by atoms with van der Waals surface area (Å²) in [6.45, 7) is 0. The van der Waals surface area contributed by atoms with E-state index in [2.05, 4.69) is 4.98 Å². The monoisotopic (exact) mass is 266 g/mol. The number of amides is 1. The highest BCUT2D eigenvalue weighted by atomic mass is 16.6. The fraction of sp³-hybridized carbons (Fsp3) is 0.583. The first-order valence-electron chi connectivity index (χ1n) is 6.35. The van der Waals surface area contributed by atoms with Gasteiger partial charge in [-0.1, -0.05) is 0 Å². The largest absolute Gasteiger partial charge is 0.358 e. The second-order valence-corrected chi connectivity index (χ2v) is 5.00. The maximum atomic E-state index is 12.2. The summed E-state index contributed by atoms with van der Waals surface area (Å²) < 4.78 is 0. The van der Waals surface area contributed by atoms with Gasteiger partial charge in [0.2, 0.25) is 0 Å². The molecule has 0 unspecified atom stereocenters. The van der Waals surface area contributed by atoms with E-state index in [1.807, 2.05) is 0 Å². The van der Waals surface area contributed by atoms with Crippen LogP contribution in [0.3, 0.4) is 0 Å². The summed E-state index contributed by atoms with van der Waals surface area (Å²) >= 11 is 0. The molecule has 0 aliphatic heterocycles. The first kappa shape index (κ1) is 13.5. The van der Waals surface area contributed by atoms with Gasteiger partial charge in [0.15, 0.2) is 5.69 Å². The number of hydrogen-bond acceptors (Lipinski definition) is 4. The van der Waals surface area contributed by atoms with Crippen molar-refractivity contribution in [2.24, 2.45) is 5.73 Å². The average Bonchev–Trinajstić information content (AvgIpc) is 2.87. The standard InChI is InChI=1S/C12H18N4O3/c1-15(9-4-2-8(13)3-5-9)12(17)10-6-7-11(14-10)16(18)19/h6-9,14H,2-5,13H2,1H3. The molecule has 19 heavy (non-hydrogen) atoms. The molecule has 1 saturated carbocycles. The van der Waals surface area contributed by atoms with Crippen LogP contribution < -0.4 is 5.73 Å². The van der Waals surface area contributed by atoms with Gasteiger partial charge in [0.1, 0.15) is 0 Å². The lowest BCUT2D eigenvalue weighted by atomic mass is 9.91. The summed E-state index contributed by atoms with van der Waals surface area (Å²) in [5.74, 6) is -0.379. The van der Waals surface area contributed by atoms with Gasteiger partial charge in [-0.3, -0.25) is 4.79 Å². The van der Waals surface area contributed by atoms with Gasteiger partial charge in [0.05, 0.1) is 0 Å². The number of carbonyl (C=O) groups is 1. The predicted molar refractivity (Wildman–Crippen MR) is 69.8 cm³/mol. The predicted octanol–water partition coefficient (Wildman–Crippen LogP) is 1.26. The molecule has 1 aliphatic carbocycles. The minimum atomic E-state index is -0.545. The third-order valence-corrected chi connectivity index (χ3v) is 3.71. The second-order valence-electron chi connectivity index (χ2n) is 5.00. The molecule has 0 bridgehead atoms. The van der Waals surface area contributed by atoms with Crippen molar-refractivity contribution in [2.75, 3.05) is 7.05 Å². The average molecular weight is 266 g/mol. The van der Waals surface area contributed by atoms with E-state index < -0.39 is 4.92 Å². The van der Waals surface area contributed by atoms with Crippen molar-refractivity contribution < 1.29 is 9.72 Å². The number of aromatic nitrogens is 1. The van der Waals surface area contributed by atoms with Crippen LogP contribution in [-0.4, -0.2) is 39.8 Å². The Hall–Kier alpha value is -1.89. The molecular weight excluding hydrogens is 248 g/mol. The molecule has 7 heteroatoms. The first-order valence-corrected chi connectivity index (χ1v) is 6.35. The number of carbonyl (C=O) groups excluding carboxylic acids is 1. The summed E-state index contributed by atoms with van der Waals surface area (Å²) in [5, 5.41) is 10.6. The van der Waals surface area contributed by atoms with E-state index in [1.165, 1.54) is 12.1 Å². The highest BCUT2D eigenvalue weighted by Gasteiger charge is 2.27. The van der Waals surface area contributed by atoms with E-state index in [0.717, 1.165) is 25.7 Å². The van der Waals surface area contributed by atoms with E-state index in [0.29, 0.717) is 0 Å². The van der Waals surface area contributed by atoms with Crippen LogP contribution in [0.15, 0.2) is 12.1 Å². The number of nitrogens with two attached hydrogens (primary N) is 1. The molecule has 1 aliphatic rings. The third-order valence-electron chi connectivity index (χ3n) is 3.71. The molecule has 0 aromatic carbocycles. The van der Waals surface area contributed by atoms with E-state index in [9.17, 15) is 14.9 Å². The molecule has 0 spiro atoms. The number of nitrogens with zero attached hydrogens (tertiary/aromatic N) is 2. The Labute approximate surface area is 110 Å². The van der Waals surface area contributed by atoms with Crippen LogP contribution in [0.5, 0.6) is 0 Å². The summed E-state index contributed by atoms with van der Waals surface area (Å²) in [6, 6.07) is 3.14. The summed E-state index contributed by atoms with van der Waals surface area (Å²) in [4.78, 5) is 26.4. The van der Waals surface area contributed by atoms with Gasteiger partial charge in [0, 0.05) is 25.2 Å². The van der Waals surface area contributed by atoms with E-state index in [1.54, 1.807) is 11.9 Å². The van der Waals surface area contributed by atoms with E-state index in [4.69, 9.17) is 5.73 Å². The van der Waals surface area contributed by atoms with Crippen molar-refractivity contribution in [3.05, 3.63) is 27.9 Å². The molecule has 1 fully saturated rings. The lowest BCUT2D eigenvalue weighted by Crippen LogP contribution is -2.41. The van der Waals surface area contributed by atoms with Crippen LogP contribution in [0.4, 0.5) is 5.82 Å². The molecule has 1 amide bonds. The number of nitro groups is 1. The lowest BCUT2D eigenvalue weighted by Gasteiger charge is -2.32. The number of H-pyrrole nitrogens is 1. The summed E-state index contributed by atoms with van der Waals surface area (Å²) in [5.41, 5.74) is 6.09. The van der Waals surface area contributed by atoms with Crippen LogP contribution >= 0.6 is 0 Å². The fourth-order valence-electron chi connectivity index (χ4n) is 2.46. The van der Waals surface area contributed by atoms with Gasteiger partial charge in [0.25, 0.3) is 5.91 Å². The number of hydrogen-bond donors (Lipinski definition) is 2. The van der Waals surface area contributed by atoms with Crippen LogP contribution in [0.2, 0.25) is 0 Å². The second kappa shape index (κ2) is 5.40. The van der Waals surface area contributed by atoms with Crippen LogP contribution in [-0.2, 0) is 0 Å². The van der Waals surface area contributed by atoms with E-state index >= 15 is 0 Å². The minimum Gasteiger partial charge on any atom is -0.358 e. The summed E-state index contributed by atoms with van der Waals surface area (Å²) in [7, 11) is 1.73. The van der Waals surface area contributed by atoms with Crippen LogP contribution in [0.1, 0.15) is 36.2 Å². The molecule has 0 radical (unpaired) electrons. The van der Waals surface area contributed by atoms with Crippen LogP contribution in [0, 0.1) is 10.1 Å². The molecule has 0 saturated heterocycles. The molecule has 1 aromatic heterocycles. The van der Waals surface area contributed by atoms with Crippen molar-refractivity contribution in [3.63, 3.8) is 0 Å². The van der Waals surface area contributed by atoms with Crippen molar-refractivity contribution >= 4 is 11.7 Å². The topological polar surface area (TPSA) is 105 Å². The van der Waals surface area contributed by atoms with Gasteiger partial charge in [-0.2, -0.15) is 0 Å². The quantitative estimate of drug-likeness (QED) is 0.634. The van der Waals surface area contributed by atoms with Gasteiger partial charge >= 0.3 is 5.82 Å². The molecule has 2 rings (SSSR count). The van der Waals surface area contributed by atoms with Gasteiger partial charge in [-0.15, -0.1) is 0 Å².